The predicted molar refractivity (Wildman–Crippen MR) is 199 cm³/mol. The Hall–Kier alpha value is -4.61. The van der Waals surface area contributed by atoms with Crippen molar-refractivity contribution in [3.8, 4) is 39.5 Å². The van der Waals surface area contributed by atoms with Gasteiger partial charge in [0.2, 0.25) is 11.8 Å². The smallest absolute Gasteiger partial charge is 0.220 e. The van der Waals surface area contributed by atoms with Crippen LogP contribution in [0.1, 0.15) is 42.0 Å². The Morgan fingerprint density at radius 1 is 0.922 bits per heavy atom. The van der Waals surface area contributed by atoms with Gasteiger partial charge in [0.1, 0.15) is 11.6 Å². The third-order valence-corrected chi connectivity index (χ3v) is 10.3. The van der Waals surface area contributed by atoms with Crippen molar-refractivity contribution in [2.45, 2.75) is 44.4 Å². The summed E-state index contributed by atoms with van der Waals surface area (Å²) in [4.78, 5) is 27.5. The summed E-state index contributed by atoms with van der Waals surface area (Å²) in [7, 11) is 3.64. The second-order valence-electron chi connectivity index (χ2n) is 12.9. The molecule has 3 N–H and O–H groups in total. The maximum absolute atomic E-state index is 13.7. The van der Waals surface area contributed by atoms with Crippen LogP contribution in [0.5, 0.6) is 5.88 Å². The van der Waals surface area contributed by atoms with E-state index in [-0.39, 0.29) is 23.8 Å². The van der Waals surface area contributed by atoms with Crippen molar-refractivity contribution in [1.82, 2.24) is 30.9 Å². The van der Waals surface area contributed by atoms with Crippen LogP contribution < -0.4 is 25.6 Å². The van der Waals surface area contributed by atoms with Gasteiger partial charge < -0.3 is 25.6 Å². The van der Waals surface area contributed by atoms with E-state index >= 15 is 0 Å². The maximum Gasteiger partial charge on any atom is 0.220 e. The molecule has 9 nitrogen and oxygen atoms in total. The lowest BCUT2D eigenvalue weighted by Gasteiger charge is -2.33. The molecule has 12 heteroatoms. The largest absolute Gasteiger partial charge is 0.481 e. The highest BCUT2D eigenvalue weighted by atomic mass is 35.5. The fourth-order valence-corrected chi connectivity index (χ4v) is 7.44. The first kappa shape index (κ1) is 34.8. The molecule has 2 aromatic carbocycles. The predicted octanol–water partition coefficient (Wildman–Crippen LogP) is 7.37. The van der Waals surface area contributed by atoms with Crippen LogP contribution in [-0.4, -0.2) is 54.1 Å². The summed E-state index contributed by atoms with van der Waals surface area (Å²) in [6.45, 7) is 2.54. The van der Waals surface area contributed by atoms with E-state index in [4.69, 9.17) is 37.9 Å². The molecule has 0 radical (unpaired) electrons. The number of carbonyl (C=O) groups excluding carboxylic acids is 1. The van der Waals surface area contributed by atoms with Crippen LogP contribution >= 0.6 is 23.2 Å². The van der Waals surface area contributed by atoms with E-state index in [0.29, 0.717) is 47.7 Å². The van der Waals surface area contributed by atoms with E-state index in [1.165, 1.54) is 12.3 Å². The quantitative estimate of drug-likeness (QED) is 0.130. The number of nitrogens with zero attached hydrogens (tertiary/aromatic N) is 4. The molecule has 2 aliphatic heterocycles. The van der Waals surface area contributed by atoms with Gasteiger partial charge in [0.25, 0.3) is 0 Å². The number of nitrogens with one attached hydrogen (secondary N) is 3. The van der Waals surface area contributed by atoms with E-state index in [2.05, 4.69) is 31.9 Å². The van der Waals surface area contributed by atoms with E-state index in [0.717, 1.165) is 69.8 Å². The SMILES string of the molecule is COc1nc(-c2cccc(-c3cccc(-c4ccc5c(n4)N(C)CC[C@@H]5NCc4cncc(F)c4)c3Cl)c2Cl)ccc1CNC[C@H]1CCC(=O)N1. The van der Waals surface area contributed by atoms with Gasteiger partial charge in [0.15, 0.2) is 0 Å². The van der Waals surface area contributed by atoms with E-state index in [1.807, 2.05) is 61.6 Å². The molecule has 1 saturated heterocycles. The van der Waals surface area contributed by atoms with Crippen LogP contribution in [-0.2, 0) is 17.9 Å². The maximum atomic E-state index is 13.7. The third-order valence-electron chi connectivity index (χ3n) is 9.47. The second kappa shape index (κ2) is 15.3. The molecule has 5 heterocycles. The summed E-state index contributed by atoms with van der Waals surface area (Å²) >= 11 is 14.3. The summed E-state index contributed by atoms with van der Waals surface area (Å²) in [5.74, 6) is 1.13. The Bertz CT molecular complexity index is 2080. The molecule has 1 fully saturated rings. The molecule has 0 spiro atoms. The van der Waals surface area contributed by atoms with Crippen molar-refractivity contribution in [2.24, 2.45) is 0 Å². The van der Waals surface area contributed by atoms with Gasteiger partial charge in [0, 0.05) is 91.3 Å². The molecular weight excluding hydrogens is 688 g/mol. The molecule has 51 heavy (non-hydrogen) atoms. The minimum atomic E-state index is -0.347. The number of hydrogen-bond acceptors (Lipinski definition) is 8. The molecule has 3 aromatic heterocycles. The number of benzene rings is 2. The molecule has 2 atom stereocenters. The molecule has 1 amide bonds. The number of pyridine rings is 3. The van der Waals surface area contributed by atoms with Gasteiger partial charge in [-0.1, -0.05) is 71.7 Å². The Labute approximate surface area is 306 Å². The highest BCUT2D eigenvalue weighted by Gasteiger charge is 2.26. The normalized spacial score (nSPS) is 17.0. The fraction of sp³-hybridized carbons (Fsp3) is 0.282. The number of anilines is 1. The van der Waals surface area contributed by atoms with Crippen LogP contribution in [0.15, 0.2) is 79.1 Å². The van der Waals surface area contributed by atoms with Crippen molar-refractivity contribution in [1.29, 1.82) is 0 Å². The second-order valence-corrected chi connectivity index (χ2v) is 13.7. The average Bonchev–Trinajstić information content (AvgIpc) is 3.56. The van der Waals surface area contributed by atoms with E-state index in [1.54, 1.807) is 13.3 Å². The molecule has 5 aromatic rings. The number of methoxy groups -OCH3 is 1. The highest BCUT2D eigenvalue weighted by molar-refractivity contribution is 6.39. The van der Waals surface area contributed by atoms with Gasteiger partial charge in [-0.2, -0.15) is 0 Å². The first-order chi connectivity index (χ1) is 24.8. The van der Waals surface area contributed by atoms with Crippen LogP contribution in [0.25, 0.3) is 33.6 Å². The highest BCUT2D eigenvalue weighted by Crippen LogP contribution is 2.43. The molecule has 0 aliphatic carbocycles. The zero-order valence-corrected chi connectivity index (χ0v) is 29.9. The van der Waals surface area contributed by atoms with E-state index < -0.39 is 0 Å². The van der Waals surface area contributed by atoms with Gasteiger partial charge in [-0.15, -0.1) is 0 Å². The van der Waals surface area contributed by atoms with Crippen LogP contribution in [0.2, 0.25) is 10.0 Å². The number of ether oxygens (including phenoxy) is 1. The molecule has 0 bridgehead atoms. The monoisotopic (exact) mass is 725 g/mol. The average molecular weight is 727 g/mol. The van der Waals surface area contributed by atoms with Crippen molar-refractivity contribution < 1.29 is 13.9 Å². The van der Waals surface area contributed by atoms with Crippen molar-refractivity contribution >= 4 is 34.9 Å². The Balaban J connectivity index is 1.13. The molecule has 7 rings (SSSR count). The Kier molecular flexibility index (Phi) is 10.5. The lowest BCUT2D eigenvalue weighted by Crippen LogP contribution is -2.35. The minimum absolute atomic E-state index is 0.0584. The van der Waals surface area contributed by atoms with Gasteiger partial charge in [-0.25, -0.2) is 14.4 Å². The summed E-state index contributed by atoms with van der Waals surface area (Å²) in [6, 6.07) is 21.4. The number of aromatic nitrogens is 3. The van der Waals surface area contributed by atoms with Crippen molar-refractivity contribution in [2.75, 3.05) is 32.1 Å². The summed E-state index contributed by atoms with van der Waals surface area (Å²) in [6.07, 6.45) is 5.18. The van der Waals surface area contributed by atoms with Gasteiger partial charge in [0.05, 0.1) is 34.7 Å². The number of fused-ring (bicyclic) bond motifs is 1. The number of amides is 1. The number of hydrogen-bond donors (Lipinski definition) is 3. The molecule has 0 unspecified atom stereocenters. The molecule has 262 valence electrons. The zero-order chi connectivity index (χ0) is 35.5. The van der Waals surface area contributed by atoms with Crippen LogP contribution in [0.4, 0.5) is 10.2 Å². The van der Waals surface area contributed by atoms with E-state index in [9.17, 15) is 9.18 Å². The number of carbonyl (C=O) groups is 1. The summed E-state index contributed by atoms with van der Waals surface area (Å²) < 4.78 is 19.4. The van der Waals surface area contributed by atoms with Crippen LogP contribution in [0, 0.1) is 5.82 Å². The number of rotatable bonds is 11. The van der Waals surface area contributed by atoms with Crippen molar-refractivity contribution in [3.05, 3.63) is 112 Å². The first-order valence-corrected chi connectivity index (χ1v) is 17.7. The zero-order valence-electron chi connectivity index (χ0n) is 28.3. The van der Waals surface area contributed by atoms with Gasteiger partial charge in [-0.3, -0.25) is 9.78 Å². The lowest BCUT2D eigenvalue weighted by molar-refractivity contribution is -0.119. The first-order valence-electron chi connectivity index (χ1n) is 17.0. The summed E-state index contributed by atoms with van der Waals surface area (Å²) in [5.41, 5.74) is 7.30. The van der Waals surface area contributed by atoms with Crippen LogP contribution in [0.3, 0.4) is 0 Å². The number of halogens is 3. The Morgan fingerprint density at radius 3 is 2.31 bits per heavy atom. The van der Waals surface area contributed by atoms with Gasteiger partial charge >= 0.3 is 0 Å². The third kappa shape index (κ3) is 7.55. The lowest BCUT2D eigenvalue weighted by atomic mass is 9.96. The standard InChI is InChI=1S/C39H38Cl2FN7O2/c1-49-16-15-32(45-19-23-17-25(42)21-43-18-23)31-11-13-33(47-38(31)49)29-7-3-5-27(36(29)40)28-6-4-8-30(37(28)41)34-12-9-24(39(48-34)51-2)20-44-22-26-10-14-35(50)46-26/h3-9,11-13,17-18,21,26,32,44-45H,10,14-16,19-20,22H2,1-2H3,(H,46,50)/t26-,32+/m1/s1. The molecular formula is C39H38Cl2FN7O2. The minimum Gasteiger partial charge on any atom is -0.481 e. The van der Waals surface area contributed by atoms with Crippen molar-refractivity contribution in [3.63, 3.8) is 0 Å². The molecule has 0 saturated carbocycles. The Morgan fingerprint density at radius 2 is 1.63 bits per heavy atom. The van der Waals surface area contributed by atoms with Gasteiger partial charge in [-0.05, 0) is 36.6 Å². The fourth-order valence-electron chi connectivity index (χ4n) is 6.79. The molecule has 2 aliphatic rings. The topological polar surface area (TPSA) is 104 Å². The summed E-state index contributed by atoms with van der Waals surface area (Å²) in [5, 5.41) is 11.0.